The third-order valence-corrected chi connectivity index (χ3v) is 4.00. The second-order valence-electron chi connectivity index (χ2n) is 6.08. The molecule has 0 aliphatic carbocycles. The third kappa shape index (κ3) is 4.09. The van der Waals surface area contributed by atoms with Gasteiger partial charge in [0.25, 0.3) is 0 Å². The number of ether oxygens (including phenoxy) is 3. The van der Waals surface area contributed by atoms with Crippen molar-refractivity contribution in [2.45, 2.75) is 26.9 Å². The van der Waals surface area contributed by atoms with Gasteiger partial charge in [-0.3, -0.25) is 4.79 Å². The fraction of sp³-hybridized carbons (Fsp3) is 0.238. The van der Waals surface area contributed by atoms with Crippen LogP contribution in [0.1, 0.15) is 19.6 Å². The molecule has 0 fully saturated rings. The smallest absolute Gasteiger partial charge is 0.344 e. The zero-order valence-corrected chi connectivity index (χ0v) is 15.7. The number of carboxylic acids is 1. The van der Waals surface area contributed by atoms with Crippen LogP contribution in [0, 0.1) is 6.92 Å². The van der Waals surface area contributed by atoms with Crippen molar-refractivity contribution in [2.75, 3.05) is 6.61 Å². The van der Waals surface area contributed by atoms with Gasteiger partial charge in [0.2, 0.25) is 11.2 Å². The molecule has 0 bridgehead atoms. The zero-order chi connectivity index (χ0) is 20.3. The van der Waals surface area contributed by atoms with Crippen LogP contribution in [0.3, 0.4) is 0 Å². The summed E-state index contributed by atoms with van der Waals surface area (Å²) in [6, 6.07) is 11.5. The summed E-state index contributed by atoms with van der Waals surface area (Å²) >= 11 is 0. The van der Waals surface area contributed by atoms with Crippen LogP contribution in [0.2, 0.25) is 0 Å². The maximum atomic E-state index is 12.8. The molecule has 0 radical (unpaired) electrons. The number of fused-ring (bicyclic) bond motifs is 1. The van der Waals surface area contributed by atoms with Gasteiger partial charge in [0.1, 0.15) is 28.6 Å². The van der Waals surface area contributed by atoms with Crippen molar-refractivity contribution in [3.63, 3.8) is 0 Å². The maximum absolute atomic E-state index is 12.8. The third-order valence-electron chi connectivity index (χ3n) is 4.00. The van der Waals surface area contributed by atoms with E-state index < -0.39 is 12.1 Å². The highest BCUT2D eigenvalue weighted by molar-refractivity contribution is 5.80. The first-order chi connectivity index (χ1) is 13.4. The van der Waals surface area contributed by atoms with E-state index in [1.165, 1.54) is 25.1 Å². The Morgan fingerprint density at radius 1 is 1.11 bits per heavy atom. The number of hydrogen-bond donors (Lipinski definition) is 1. The Balaban J connectivity index is 1.92. The summed E-state index contributed by atoms with van der Waals surface area (Å²) in [5.41, 5.74) is -0.0397. The lowest BCUT2D eigenvalue weighted by Crippen LogP contribution is -2.22. The first-order valence-corrected chi connectivity index (χ1v) is 8.76. The molecule has 0 amide bonds. The van der Waals surface area contributed by atoms with Crippen molar-refractivity contribution >= 4 is 16.9 Å². The van der Waals surface area contributed by atoms with Crippen LogP contribution < -0.4 is 19.6 Å². The number of hydrogen-bond acceptors (Lipinski definition) is 6. The van der Waals surface area contributed by atoms with Gasteiger partial charge in [-0.05, 0) is 57.2 Å². The molecule has 1 aromatic heterocycles. The molecule has 0 spiro atoms. The molecule has 2 aromatic carbocycles. The van der Waals surface area contributed by atoms with Crippen molar-refractivity contribution in [1.82, 2.24) is 0 Å². The number of carbonyl (C=O) groups is 1. The lowest BCUT2D eigenvalue weighted by Gasteiger charge is -2.12. The molecule has 146 valence electrons. The molecule has 3 rings (SSSR count). The molecule has 1 atom stereocenters. The SMILES string of the molecule is CCOc1ccc(Oc2c(C)oc3cc(OC(C)C(=O)O)ccc3c2=O)cc1. The molecular weight excluding hydrogens is 364 g/mol. The molecule has 1 N–H and O–H groups in total. The highest BCUT2D eigenvalue weighted by Crippen LogP contribution is 2.28. The first kappa shape index (κ1) is 19.3. The van der Waals surface area contributed by atoms with E-state index in [2.05, 4.69) is 0 Å². The highest BCUT2D eigenvalue weighted by atomic mass is 16.5. The minimum atomic E-state index is -1.09. The van der Waals surface area contributed by atoms with Crippen molar-refractivity contribution < 1.29 is 28.5 Å². The van der Waals surface area contributed by atoms with Crippen LogP contribution in [-0.4, -0.2) is 23.8 Å². The Labute approximate surface area is 161 Å². The van der Waals surface area contributed by atoms with E-state index in [1.54, 1.807) is 31.2 Å². The monoisotopic (exact) mass is 384 g/mol. The normalized spacial score (nSPS) is 11.8. The van der Waals surface area contributed by atoms with Crippen molar-refractivity contribution in [3.8, 4) is 23.0 Å². The summed E-state index contributed by atoms with van der Waals surface area (Å²) in [5, 5.41) is 9.25. The minimum Gasteiger partial charge on any atom is -0.494 e. The van der Waals surface area contributed by atoms with Crippen LogP contribution in [0.4, 0.5) is 0 Å². The summed E-state index contributed by atoms with van der Waals surface area (Å²) in [5.74, 6) is 0.787. The molecule has 1 heterocycles. The zero-order valence-electron chi connectivity index (χ0n) is 15.7. The number of carboxylic acid groups (broad SMARTS) is 1. The topological polar surface area (TPSA) is 95.2 Å². The van der Waals surface area contributed by atoms with Gasteiger partial charge < -0.3 is 23.7 Å². The van der Waals surface area contributed by atoms with Gasteiger partial charge in [-0.2, -0.15) is 0 Å². The molecule has 0 aliphatic heterocycles. The molecule has 7 nitrogen and oxygen atoms in total. The summed E-state index contributed by atoms with van der Waals surface area (Å²) in [4.78, 5) is 23.7. The Hall–Kier alpha value is -3.48. The summed E-state index contributed by atoms with van der Waals surface area (Å²) in [6.45, 7) is 5.50. The molecule has 0 saturated carbocycles. The molecule has 1 unspecified atom stereocenters. The summed E-state index contributed by atoms with van der Waals surface area (Å²) < 4.78 is 22.2. The lowest BCUT2D eigenvalue weighted by atomic mass is 10.2. The van der Waals surface area contributed by atoms with Gasteiger partial charge in [-0.25, -0.2) is 4.79 Å². The molecule has 7 heteroatoms. The van der Waals surface area contributed by atoms with E-state index >= 15 is 0 Å². The average Bonchev–Trinajstić information content (AvgIpc) is 2.66. The van der Waals surface area contributed by atoms with Gasteiger partial charge in [-0.1, -0.05) is 0 Å². The van der Waals surface area contributed by atoms with Gasteiger partial charge >= 0.3 is 5.97 Å². The number of rotatable bonds is 7. The first-order valence-electron chi connectivity index (χ1n) is 8.76. The molecule has 28 heavy (non-hydrogen) atoms. The second-order valence-corrected chi connectivity index (χ2v) is 6.08. The van der Waals surface area contributed by atoms with Gasteiger partial charge in [0, 0.05) is 6.07 Å². The lowest BCUT2D eigenvalue weighted by molar-refractivity contribution is -0.144. The average molecular weight is 384 g/mol. The van der Waals surface area contributed by atoms with Crippen LogP contribution in [0.5, 0.6) is 23.0 Å². The molecular formula is C21H20O7. The Morgan fingerprint density at radius 2 is 1.75 bits per heavy atom. The number of benzene rings is 2. The van der Waals surface area contributed by atoms with Crippen LogP contribution in [0.25, 0.3) is 11.0 Å². The van der Waals surface area contributed by atoms with Gasteiger partial charge in [0.05, 0.1) is 12.0 Å². The fourth-order valence-electron chi connectivity index (χ4n) is 2.60. The fourth-order valence-corrected chi connectivity index (χ4v) is 2.60. The van der Waals surface area contributed by atoms with Crippen molar-refractivity contribution in [3.05, 3.63) is 58.4 Å². The number of aliphatic carboxylic acids is 1. The quantitative estimate of drug-likeness (QED) is 0.654. The van der Waals surface area contributed by atoms with E-state index in [0.717, 1.165) is 0 Å². The van der Waals surface area contributed by atoms with Crippen molar-refractivity contribution in [2.24, 2.45) is 0 Å². The Morgan fingerprint density at radius 3 is 2.39 bits per heavy atom. The molecule has 3 aromatic rings. The van der Waals surface area contributed by atoms with E-state index in [9.17, 15) is 9.59 Å². The predicted molar refractivity (Wildman–Crippen MR) is 103 cm³/mol. The largest absolute Gasteiger partial charge is 0.494 e. The Kier molecular flexibility index (Phi) is 5.54. The number of aryl methyl sites for hydroxylation is 1. The van der Waals surface area contributed by atoms with E-state index in [-0.39, 0.29) is 16.8 Å². The van der Waals surface area contributed by atoms with Gasteiger partial charge in [0.15, 0.2) is 6.10 Å². The minimum absolute atomic E-state index is 0.0873. The standard InChI is InChI=1S/C21H20O7/c1-4-25-14-5-7-15(8-6-14)28-20-12(2)27-18-11-16(26-13(3)21(23)24)9-10-17(18)19(20)22/h5-11,13H,4H2,1-3H3,(H,23,24). The van der Waals surface area contributed by atoms with E-state index in [1.807, 2.05) is 6.92 Å². The van der Waals surface area contributed by atoms with Crippen molar-refractivity contribution in [1.29, 1.82) is 0 Å². The van der Waals surface area contributed by atoms with Gasteiger partial charge in [-0.15, -0.1) is 0 Å². The highest BCUT2D eigenvalue weighted by Gasteiger charge is 2.17. The maximum Gasteiger partial charge on any atom is 0.344 e. The molecule has 0 saturated heterocycles. The summed E-state index contributed by atoms with van der Waals surface area (Å²) in [7, 11) is 0. The van der Waals surface area contributed by atoms with E-state index in [0.29, 0.717) is 35.0 Å². The van der Waals surface area contributed by atoms with Crippen LogP contribution in [0.15, 0.2) is 51.7 Å². The Bertz CT molecular complexity index is 1050. The predicted octanol–water partition coefficient (Wildman–Crippen LogP) is 4.14. The van der Waals surface area contributed by atoms with Crippen LogP contribution in [-0.2, 0) is 4.79 Å². The summed E-state index contributed by atoms with van der Waals surface area (Å²) in [6.07, 6.45) is -1.02. The van der Waals surface area contributed by atoms with Crippen LogP contribution >= 0.6 is 0 Å². The van der Waals surface area contributed by atoms with E-state index in [4.69, 9.17) is 23.7 Å². The second kappa shape index (κ2) is 8.04. The molecule has 0 aliphatic rings.